The van der Waals surface area contributed by atoms with Crippen molar-refractivity contribution >= 4 is 0 Å². The second-order valence-corrected chi connectivity index (χ2v) is 5.45. The Hall–Kier alpha value is -0.830. The number of nitrogens with one attached hydrogen (secondary N) is 1. The van der Waals surface area contributed by atoms with Crippen LogP contribution >= 0.6 is 0 Å². The summed E-state index contributed by atoms with van der Waals surface area (Å²) in [5.41, 5.74) is 1.25. The molecule has 0 spiro atoms. The van der Waals surface area contributed by atoms with Crippen molar-refractivity contribution in [1.82, 2.24) is 15.1 Å². The standard InChI is InChI=1S/C13H23N3/c1-10(2)16-5-4-13(15-16)7-12-6-11(3)8-14-9-12/h4-5,10-12,14H,6-9H2,1-3H3. The van der Waals surface area contributed by atoms with Crippen LogP contribution in [0.4, 0.5) is 0 Å². The van der Waals surface area contributed by atoms with Crippen LogP contribution in [-0.2, 0) is 6.42 Å². The minimum atomic E-state index is 0.470. The van der Waals surface area contributed by atoms with Crippen molar-refractivity contribution in [2.45, 2.75) is 39.7 Å². The molecule has 1 aromatic heterocycles. The van der Waals surface area contributed by atoms with Crippen LogP contribution in [-0.4, -0.2) is 22.9 Å². The van der Waals surface area contributed by atoms with Gasteiger partial charge in [-0.25, -0.2) is 0 Å². The highest BCUT2D eigenvalue weighted by atomic mass is 15.3. The molecule has 1 N–H and O–H groups in total. The molecule has 1 fully saturated rings. The molecule has 0 amide bonds. The summed E-state index contributed by atoms with van der Waals surface area (Å²) in [5, 5.41) is 8.12. The van der Waals surface area contributed by atoms with Gasteiger partial charge in [-0.3, -0.25) is 4.68 Å². The lowest BCUT2D eigenvalue weighted by Crippen LogP contribution is -2.36. The molecular formula is C13H23N3. The zero-order valence-electron chi connectivity index (χ0n) is 10.6. The summed E-state index contributed by atoms with van der Waals surface area (Å²) < 4.78 is 2.05. The number of aromatic nitrogens is 2. The van der Waals surface area contributed by atoms with Crippen molar-refractivity contribution < 1.29 is 0 Å². The fraction of sp³-hybridized carbons (Fsp3) is 0.769. The van der Waals surface area contributed by atoms with E-state index in [1.54, 1.807) is 0 Å². The van der Waals surface area contributed by atoms with Crippen molar-refractivity contribution in [3.63, 3.8) is 0 Å². The van der Waals surface area contributed by atoms with E-state index in [1.165, 1.54) is 18.7 Å². The molecule has 16 heavy (non-hydrogen) atoms. The summed E-state index contributed by atoms with van der Waals surface area (Å²) in [7, 11) is 0. The van der Waals surface area contributed by atoms with Gasteiger partial charge in [-0.1, -0.05) is 6.92 Å². The van der Waals surface area contributed by atoms with Crippen LogP contribution in [0.15, 0.2) is 12.3 Å². The monoisotopic (exact) mass is 221 g/mol. The van der Waals surface area contributed by atoms with Crippen molar-refractivity contribution in [3.8, 4) is 0 Å². The molecule has 3 nitrogen and oxygen atoms in total. The third-order valence-electron chi connectivity index (χ3n) is 3.35. The first-order valence-corrected chi connectivity index (χ1v) is 6.40. The minimum Gasteiger partial charge on any atom is -0.316 e. The van der Waals surface area contributed by atoms with E-state index in [4.69, 9.17) is 0 Å². The number of hydrogen-bond acceptors (Lipinski definition) is 2. The summed E-state index contributed by atoms with van der Waals surface area (Å²) in [6.45, 7) is 8.99. The summed E-state index contributed by atoms with van der Waals surface area (Å²) in [6.07, 6.45) is 4.55. The Kier molecular flexibility index (Phi) is 3.64. The van der Waals surface area contributed by atoms with Gasteiger partial charge in [-0.15, -0.1) is 0 Å². The van der Waals surface area contributed by atoms with Crippen LogP contribution in [0.25, 0.3) is 0 Å². The maximum Gasteiger partial charge on any atom is 0.0627 e. The second kappa shape index (κ2) is 5.00. The summed E-state index contributed by atoms with van der Waals surface area (Å²) in [5.74, 6) is 1.57. The molecule has 0 aromatic carbocycles. The van der Waals surface area contributed by atoms with Crippen molar-refractivity contribution in [3.05, 3.63) is 18.0 Å². The normalized spacial score (nSPS) is 26.2. The molecule has 2 atom stereocenters. The van der Waals surface area contributed by atoms with Gasteiger partial charge in [0, 0.05) is 12.2 Å². The average molecular weight is 221 g/mol. The van der Waals surface area contributed by atoms with Gasteiger partial charge >= 0.3 is 0 Å². The number of piperidine rings is 1. The SMILES string of the molecule is CC1CNCC(Cc2ccn(C(C)C)n2)C1. The Morgan fingerprint density at radius 1 is 1.50 bits per heavy atom. The quantitative estimate of drug-likeness (QED) is 0.848. The molecule has 1 aliphatic rings. The van der Waals surface area contributed by atoms with Crippen molar-refractivity contribution in [2.75, 3.05) is 13.1 Å². The van der Waals surface area contributed by atoms with E-state index in [0.29, 0.717) is 6.04 Å². The second-order valence-electron chi connectivity index (χ2n) is 5.45. The maximum absolute atomic E-state index is 4.62. The molecule has 1 saturated heterocycles. The molecule has 1 aromatic rings. The molecular weight excluding hydrogens is 198 g/mol. The highest BCUT2D eigenvalue weighted by Gasteiger charge is 2.19. The van der Waals surface area contributed by atoms with Gasteiger partial charge < -0.3 is 5.32 Å². The Morgan fingerprint density at radius 3 is 2.94 bits per heavy atom. The number of rotatable bonds is 3. The first-order chi connectivity index (χ1) is 7.65. The molecule has 0 saturated carbocycles. The lowest BCUT2D eigenvalue weighted by atomic mass is 9.89. The van der Waals surface area contributed by atoms with E-state index in [0.717, 1.165) is 24.8 Å². The smallest absolute Gasteiger partial charge is 0.0627 e. The predicted octanol–water partition coefficient (Wildman–Crippen LogP) is 2.25. The van der Waals surface area contributed by atoms with Crippen LogP contribution in [0.2, 0.25) is 0 Å². The van der Waals surface area contributed by atoms with Gasteiger partial charge in [0.05, 0.1) is 5.69 Å². The topological polar surface area (TPSA) is 29.9 Å². The molecule has 2 heterocycles. The lowest BCUT2D eigenvalue weighted by Gasteiger charge is -2.27. The first kappa shape index (κ1) is 11.6. The summed E-state index contributed by atoms with van der Waals surface area (Å²) in [4.78, 5) is 0. The van der Waals surface area contributed by atoms with Crippen molar-refractivity contribution in [2.24, 2.45) is 11.8 Å². The van der Waals surface area contributed by atoms with E-state index in [1.807, 2.05) is 0 Å². The highest BCUT2D eigenvalue weighted by molar-refractivity contribution is 5.01. The predicted molar refractivity (Wildman–Crippen MR) is 66.5 cm³/mol. The molecule has 3 heteroatoms. The molecule has 0 aliphatic carbocycles. The summed E-state index contributed by atoms with van der Waals surface area (Å²) >= 11 is 0. The Bertz CT molecular complexity index is 330. The molecule has 0 radical (unpaired) electrons. The molecule has 2 rings (SSSR count). The third-order valence-corrected chi connectivity index (χ3v) is 3.35. The van der Waals surface area contributed by atoms with E-state index >= 15 is 0 Å². The molecule has 0 bridgehead atoms. The van der Waals surface area contributed by atoms with Gasteiger partial charge in [0.25, 0.3) is 0 Å². The minimum absolute atomic E-state index is 0.470. The Morgan fingerprint density at radius 2 is 2.31 bits per heavy atom. The Balaban J connectivity index is 1.92. The lowest BCUT2D eigenvalue weighted by molar-refractivity contribution is 0.299. The number of hydrogen-bond donors (Lipinski definition) is 1. The fourth-order valence-electron chi connectivity index (χ4n) is 2.49. The van der Waals surface area contributed by atoms with Gasteiger partial charge in [-0.05, 0) is 57.7 Å². The van der Waals surface area contributed by atoms with E-state index in [9.17, 15) is 0 Å². The molecule has 2 unspecified atom stereocenters. The molecule has 1 aliphatic heterocycles. The van der Waals surface area contributed by atoms with Gasteiger partial charge in [0.15, 0.2) is 0 Å². The van der Waals surface area contributed by atoms with Crippen LogP contribution in [0.5, 0.6) is 0 Å². The van der Waals surface area contributed by atoms with Gasteiger partial charge in [0.2, 0.25) is 0 Å². The van der Waals surface area contributed by atoms with E-state index in [2.05, 4.69) is 48.1 Å². The van der Waals surface area contributed by atoms with Crippen LogP contribution < -0.4 is 5.32 Å². The van der Waals surface area contributed by atoms with E-state index < -0.39 is 0 Å². The van der Waals surface area contributed by atoms with Crippen LogP contribution in [0.3, 0.4) is 0 Å². The highest BCUT2D eigenvalue weighted by Crippen LogP contribution is 2.19. The molecule has 90 valence electrons. The fourth-order valence-corrected chi connectivity index (χ4v) is 2.49. The van der Waals surface area contributed by atoms with Crippen LogP contribution in [0, 0.1) is 11.8 Å². The zero-order chi connectivity index (χ0) is 11.5. The maximum atomic E-state index is 4.62. The van der Waals surface area contributed by atoms with E-state index in [-0.39, 0.29) is 0 Å². The Labute approximate surface area is 98.2 Å². The van der Waals surface area contributed by atoms with Crippen LogP contribution in [0.1, 0.15) is 38.9 Å². The number of nitrogens with zero attached hydrogens (tertiary/aromatic N) is 2. The largest absolute Gasteiger partial charge is 0.316 e. The van der Waals surface area contributed by atoms with Crippen molar-refractivity contribution in [1.29, 1.82) is 0 Å². The zero-order valence-corrected chi connectivity index (χ0v) is 10.6. The van der Waals surface area contributed by atoms with Gasteiger partial charge in [-0.2, -0.15) is 5.10 Å². The average Bonchev–Trinajstić information content (AvgIpc) is 2.66. The summed E-state index contributed by atoms with van der Waals surface area (Å²) in [6, 6.07) is 2.64. The first-order valence-electron chi connectivity index (χ1n) is 6.40. The third kappa shape index (κ3) is 2.85. The van der Waals surface area contributed by atoms with Gasteiger partial charge in [0.1, 0.15) is 0 Å².